The highest BCUT2D eigenvalue weighted by molar-refractivity contribution is 5.39. The molecule has 0 fully saturated rings. The third-order valence-corrected chi connectivity index (χ3v) is 2.21. The first-order chi connectivity index (χ1) is 6.26. The van der Waals surface area contributed by atoms with Gasteiger partial charge < -0.3 is 5.32 Å². The van der Waals surface area contributed by atoms with Crippen molar-refractivity contribution >= 4 is 5.69 Å². The third kappa shape index (κ3) is 3.09. The van der Waals surface area contributed by atoms with E-state index < -0.39 is 0 Å². The summed E-state index contributed by atoms with van der Waals surface area (Å²) in [6.45, 7) is 4.43. The molecule has 0 radical (unpaired) electrons. The average Bonchev–Trinajstić information content (AvgIpc) is 2.50. The summed E-state index contributed by atoms with van der Waals surface area (Å²) in [6.07, 6.45) is 7.51. The molecule has 1 aromatic rings. The summed E-state index contributed by atoms with van der Waals surface area (Å²) in [5, 5.41) is 7.59. The molecule has 0 aliphatic heterocycles. The molecule has 0 amide bonds. The lowest BCUT2D eigenvalue weighted by Crippen LogP contribution is -2.17. The van der Waals surface area contributed by atoms with E-state index in [1.54, 1.807) is 0 Å². The molecule has 3 nitrogen and oxygen atoms in total. The Balaban J connectivity index is 2.46. The van der Waals surface area contributed by atoms with Gasteiger partial charge >= 0.3 is 0 Å². The summed E-state index contributed by atoms with van der Waals surface area (Å²) in [4.78, 5) is 0. The lowest BCUT2D eigenvalue weighted by atomic mass is 10.1. The molecule has 0 saturated heterocycles. The van der Waals surface area contributed by atoms with E-state index in [0.29, 0.717) is 6.04 Å². The lowest BCUT2D eigenvalue weighted by Gasteiger charge is -2.15. The molecular weight excluding hydrogens is 162 g/mol. The van der Waals surface area contributed by atoms with Crippen LogP contribution in [0.25, 0.3) is 0 Å². The van der Waals surface area contributed by atoms with Crippen molar-refractivity contribution in [2.45, 2.75) is 39.2 Å². The smallest absolute Gasteiger partial charge is 0.0728 e. The Labute approximate surface area is 80.1 Å². The zero-order valence-electron chi connectivity index (χ0n) is 8.75. The Morgan fingerprint density at radius 3 is 2.77 bits per heavy atom. The molecule has 0 aromatic carbocycles. The van der Waals surface area contributed by atoms with E-state index in [1.807, 2.05) is 24.1 Å². The second-order valence-corrected chi connectivity index (χ2v) is 3.44. The topological polar surface area (TPSA) is 29.9 Å². The summed E-state index contributed by atoms with van der Waals surface area (Å²) in [5.41, 5.74) is 1.13. The van der Waals surface area contributed by atoms with E-state index in [4.69, 9.17) is 0 Å². The van der Waals surface area contributed by atoms with Crippen LogP contribution in [-0.4, -0.2) is 15.8 Å². The van der Waals surface area contributed by atoms with Gasteiger partial charge in [0.25, 0.3) is 0 Å². The fourth-order valence-electron chi connectivity index (χ4n) is 1.46. The molecule has 0 bridgehead atoms. The van der Waals surface area contributed by atoms with Gasteiger partial charge in [-0.2, -0.15) is 5.10 Å². The fourth-order valence-corrected chi connectivity index (χ4v) is 1.46. The minimum absolute atomic E-state index is 0.592. The number of hydrogen-bond donors (Lipinski definition) is 1. The van der Waals surface area contributed by atoms with Crippen LogP contribution in [0.15, 0.2) is 12.4 Å². The quantitative estimate of drug-likeness (QED) is 0.756. The monoisotopic (exact) mass is 181 g/mol. The van der Waals surface area contributed by atoms with Crippen LogP contribution in [0.3, 0.4) is 0 Å². The Kier molecular flexibility index (Phi) is 3.80. The maximum Gasteiger partial charge on any atom is 0.0728 e. The molecule has 74 valence electrons. The highest BCUT2D eigenvalue weighted by Crippen LogP contribution is 2.11. The number of nitrogens with one attached hydrogen (secondary N) is 1. The van der Waals surface area contributed by atoms with Crippen LogP contribution in [0.4, 0.5) is 5.69 Å². The first-order valence-corrected chi connectivity index (χ1v) is 5.01. The van der Waals surface area contributed by atoms with Crippen molar-refractivity contribution in [3.63, 3.8) is 0 Å². The van der Waals surface area contributed by atoms with E-state index in [0.717, 1.165) is 5.69 Å². The maximum absolute atomic E-state index is 4.12. The summed E-state index contributed by atoms with van der Waals surface area (Å²) < 4.78 is 1.82. The van der Waals surface area contributed by atoms with Gasteiger partial charge in [0, 0.05) is 19.3 Å². The molecule has 1 unspecified atom stereocenters. The van der Waals surface area contributed by atoms with Gasteiger partial charge in [0.05, 0.1) is 11.9 Å². The van der Waals surface area contributed by atoms with E-state index in [9.17, 15) is 0 Å². The highest BCUT2D eigenvalue weighted by atomic mass is 15.3. The van der Waals surface area contributed by atoms with Crippen LogP contribution in [0.5, 0.6) is 0 Å². The Bertz CT molecular complexity index is 242. The zero-order chi connectivity index (χ0) is 9.68. The lowest BCUT2D eigenvalue weighted by molar-refractivity contribution is 0.622. The largest absolute Gasteiger partial charge is 0.380 e. The minimum Gasteiger partial charge on any atom is -0.380 e. The molecule has 0 aliphatic carbocycles. The molecular formula is C10H19N3. The summed E-state index contributed by atoms with van der Waals surface area (Å²) in [6, 6.07) is 0.592. The van der Waals surface area contributed by atoms with Gasteiger partial charge in [0.1, 0.15) is 0 Å². The number of hydrogen-bond acceptors (Lipinski definition) is 2. The van der Waals surface area contributed by atoms with Gasteiger partial charge in [0.2, 0.25) is 0 Å². The summed E-state index contributed by atoms with van der Waals surface area (Å²) in [5.74, 6) is 0. The van der Waals surface area contributed by atoms with E-state index in [-0.39, 0.29) is 0 Å². The number of rotatable bonds is 5. The first-order valence-electron chi connectivity index (χ1n) is 5.01. The minimum atomic E-state index is 0.592. The predicted molar refractivity (Wildman–Crippen MR) is 55.8 cm³/mol. The number of aryl methyl sites for hydroxylation is 1. The number of anilines is 1. The van der Waals surface area contributed by atoms with Crippen molar-refractivity contribution in [2.75, 3.05) is 5.32 Å². The van der Waals surface area contributed by atoms with E-state index in [1.165, 1.54) is 19.3 Å². The molecule has 1 aromatic heterocycles. The van der Waals surface area contributed by atoms with Gasteiger partial charge in [-0.05, 0) is 12.8 Å². The molecule has 0 spiro atoms. The molecule has 1 N–H and O–H groups in total. The van der Waals surface area contributed by atoms with Gasteiger partial charge in [0.15, 0.2) is 0 Å². The van der Waals surface area contributed by atoms with Crippen LogP contribution in [0.2, 0.25) is 0 Å². The van der Waals surface area contributed by atoms with Crippen LogP contribution in [0, 0.1) is 0 Å². The van der Waals surface area contributed by atoms with Gasteiger partial charge in [-0.3, -0.25) is 4.68 Å². The van der Waals surface area contributed by atoms with Crippen LogP contribution < -0.4 is 5.32 Å². The van der Waals surface area contributed by atoms with Crippen LogP contribution in [0.1, 0.15) is 33.1 Å². The highest BCUT2D eigenvalue weighted by Gasteiger charge is 2.04. The second kappa shape index (κ2) is 4.90. The molecule has 1 rings (SSSR count). The molecule has 13 heavy (non-hydrogen) atoms. The van der Waals surface area contributed by atoms with Crippen LogP contribution >= 0.6 is 0 Å². The Morgan fingerprint density at radius 2 is 2.31 bits per heavy atom. The molecule has 1 heterocycles. The van der Waals surface area contributed by atoms with Crippen molar-refractivity contribution in [1.82, 2.24) is 9.78 Å². The van der Waals surface area contributed by atoms with E-state index in [2.05, 4.69) is 24.3 Å². The first kappa shape index (κ1) is 10.1. The van der Waals surface area contributed by atoms with E-state index >= 15 is 0 Å². The van der Waals surface area contributed by atoms with Crippen LogP contribution in [-0.2, 0) is 7.05 Å². The predicted octanol–water partition coefficient (Wildman–Crippen LogP) is 2.41. The van der Waals surface area contributed by atoms with Crippen molar-refractivity contribution in [1.29, 1.82) is 0 Å². The summed E-state index contributed by atoms with van der Waals surface area (Å²) in [7, 11) is 1.94. The average molecular weight is 181 g/mol. The molecule has 0 aliphatic rings. The van der Waals surface area contributed by atoms with Gasteiger partial charge in [-0.15, -0.1) is 0 Å². The van der Waals surface area contributed by atoms with Gasteiger partial charge in [-0.25, -0.2) is 0 Å². The Morgan fingerprint density at radius 1 is 1.54 bits per heavy atom. The number of nitrogens with zero attached hydrogens (tertiary/aromatic N) is 2. The zero-order valence-corrected chi connectivity index (χ0v) is 8.75. The van der Waals surface area contributed by atoms with Crippen molar-refractivity contribution < 1.29 is 0 Å². The standard InChI is InChI=1S/C10H19N3/c1-4-6-9(5-2)12-10-7-11-13(3)8-10/h7-9,12H,4-6H2,1-3H3. The number of aromatic nitrogens is 2. The van der Waals surface area contributed by atoms with Crippen molar-refractivity contribution in [2.24, 2.45) is 7.05 Å². The summed E-state index contributed by atoms with van der Waals surface area (Å²) >= 11 is 0. The van der Waals surface area contributed by atoms with Gasteiger partial charge in [-0.1, -0.05) is 20.3 Å². The molecule has 3 heteroatoms. The van der Waals surface area contributed by atoms with Crippen molar-refractivity contribution in [3.05, 3.63) is 12.4 Å². The third-order valence-electron chi connectivity index (χ3n) is 2.21. The second-order valence-electron chi connectivity index (χ2n) is 3.44. The normalized spacial score (nSPS) is 12.8. The SMILES string of the molecule is CCCC(CC)Nc1cnn(C)c1. The maximum atomic E-state index is 4.12. The molecule has 0 saturated carbocycles. The fraction of sp³-hybridized carbons (Fsp3) is 0.700. The molecule has 1 atom stereocenters. The Hall–Kier alpha value is -0.990. The van der Waals surface area contributed by atoms with Crippen molar-refractivity contribution in [3.8, 4) is 0 Å².